The van der Waals surface area contributed by atoms with E-state index in [2.05, 4.69) is 0 Å². The number of nitrogens with zero attached hydrogens (tertiary/aromatic N) is 8. The summed E-state index contributed by atoms with van der Waals surface area (Å²) in [6, 6.07) is 0. The van der Waals surface area contributed by atoms with Crippen LogP contribution in [0.2, 0.25) is 0 Å². The Morgan fingerprint density at radius 2 is 0.591 bits per heavy atom. The molecule has 0 N–H and O–H groups in total. The molecule has 22 heavy (non-hydrogen) atoms. The fourth-order valence-electron chi connectivity index (χ4n) is 0.753. The van der Waals surface area contributed by atoms with Gasteiger partial charge < -0.3 is 0 Å². The molecule has 0 fully saturated rings. The summed E-state index contributed by atoms with van der Waals surface area (Å²) < 4.78 is 0. The van der Waals surface area contributed by atoms with Crippen LogP contribution < -0.4 is 0 Å². The molecule has 20 heteroatoms. The van der Waals surface area contributed by atoms with Crippen molar-refractivity contribution in [2.24, 2.45) is 10.2 Å². The van der Waals surface area contributed by atoms with Crippen LogP contribution in [0.25, 0.3) is 0 Å². The Kier molecular flexibility index (Phi) is 4.54. The molecule has 0 spiro atoms. The Balaban J connectivity index is 6.47. The largest absolute Gasteiger partial charge is 0.837 e. The van der Waals surface area contributed by atoms with Gasteiger partial charge >= 0.3 is 11.8 Å². The van der Waals surface area contributed by atoms with Crippen LogP contribution in [-0.4, -0.2) is 41.4 Å². The quantitative estimate of drug-likeness (QED) is 0.209. The molecule has 0 aromatic carbocycles. The second-order valence-corrected chi connectivity index (χ2v) is 2.94. The maximum Gasteiger partial charge on any atom is 0.837 e. The molecule has 0 amide bonds. The zero-order valence-corrected chi connectivity index (χ0v) is 9.48. The van der Waals surface area contributed by atoms with E-state index in [1.807, 2.05) is 0 Å². The standard InChI is InChI=1S/C2N8O12/c11-5(12)1(6(13)14,7(15)16)3-4-2(8(17)18,9(19)20)10(21)22/b4-3+. The number of nitro groups is 6. The van der Waals surface area contributed by atoms with Gasteiger partial charge in [-0.3, -0.25) is 60.7 Å². The molecule has 0 aliphatic rings. The minimum atomic E-state index is -4.83. The average molecular weight is 328 g/mol. The predicted octanol–water partition coefficient (Wildman–Crippen LogP) is -1.68. The van der Waals surface area contributed by atoms with Crippen LogP contribution >= 0.6 is 0 Å². The summed E-state index contributed by atoms with van der Waals surface area (Å²) in [5.74, 6) is -9.65. The molecule has 0 bridgehead atoms. The molecule has 120 valence electrons. The first-order valence-electron chi connectivity index (χ1n) is 4.18. The minimum Gasteiger partial charge on any atom is -0.251 e. The molecular weight excluding hydrogens is 328 g/mol. The van der Waals surface area contributed by atoms with E-state index in [9.17, 15) is 60.7 Å². The lowest BCUT2D eigenvalue weighted by Crippen LogP contribution is -2.54. The van der Waals surface area contributed by atoms with E-state index >= 15 is 0 Å². The van der Waals surface area contributed by atoms with E-state index in [-0.39, 0.29) is 0 Å². The van der Waals surface area contributed by atoms with Crippen molar-refractivity contribution in [2.75, 3.05) is 0 Å². The summed E-state index contributed by atoms with van der Waals surface area (Å²) in [4.78, 5) is 48.4. The van der Waals surface area contributed by atoms with Crippen LogP contribution in [0.3, 0.4) is 0 Å². The summed E-state index contributed by atoms with van der Waals surface area (Å²) in [7, 11) is 0. The lowest BCUT2D eigenvalue weighted by Gasteiger charge is -2.03. The van der Waals surface area contributed by atoms with Crippen LogP contribution in [0, 0.1) is 60.7 Å². The first-order chi connectivity index (χ1) is 9.87. The van der Waals surface area contributed by atoms with Crippen LogP contribution in [0.4, 0.5) is 0 Å². The van der Waals surface area contributed by atoms with Gasteiger partial charge in [-0.15, -0.1) is 0 Å². The maximum absolute atomic E-state index is 10.4. The van der Waals surface area contributed by atoms with Gasteiger partial charge in [-0.25, -0.2) is 0 Å². The van der Waals surface area contributed by atoms with Gasteiger partial charge in [0.15, 0.2) is 0 Å². The first-order valence-corrected chi connectivity index (χ1v) is 4.18. The van der Waals surface area contributed by atoms with Gasteiger partial charge in [0.05, 0.1) is 10.2 Å². The van der Waals surface area contributed by atoms with Gasteiger partial charge in [0.1, 0.15) is 0 Å². The van der Waals surface area contributed by atoms with Gasteiger partial charge in [-0.1, -0.05) is 0 Å². The molecule has 20 nitrogen and oxygen atoms in total. The third kappa shape index (κ3) is 2.37. The van der Waals surface area contributed by atoms with Gasteiger partial charge in [0.25, 0.3) is 0 Å². The van der Waals surface area contributed by atoms with Crippen LogP contribution in [-0.2, 0) is 0 Å². The molecule has 0 saturated heterocycles. The van der Waals surface area contributed by atoms with Crippen LogP contribution in [0.1, 0.15) is 0 Å². The predicted molar refractivity (Wildman–Crippen MR) is 52.3 cm³/mol. The van der Waals surface area contributed by atoms with Crippen molar-refractivity contribution >= 4 is 0 Å². The van der Waals surface area contributed by atoms with E-state index in [1.54, 1.807) is 10.2 Å². The highest BCUT2D eigenvalue weighted by atomic mass is 16.8. The molecule has 0 unspecified atom stereocenters. The van der Waals surface area contributed by atoms with Gasteiger partial charge in [0, 0.05) is 0 Å². The summed E-state index contributed by atoms with van der Waals surface area (Å²) in [5, 5.41) is 65.7. The zero-order valence-electron chi connectivity index (χ0n) is 9.48. The van der Waals surface area contributed by atoms with Crippen LogP contribution in [0.5, 0.6) is 0 Å². The van der Waals surface area contributed by atoms with Crippen molar-refractivity contribution in [2.45, 2.75) is 11.8 Å². The maximum atomic E-state index is 10.4. The van der Waals surface area contributed by atoms with Crippen molar-refractivity contribution in [3.8, 4) is 0 Å². The Morgan fingerprint density at radius 1 is 0.455 bits per heavy atom. The van der Waals surface area contributed by atoms with Gasteiger partial charge in [-0.05, 0) is 0 Å². The monoisotopic (exact) mass is 328 g/mol. The Hall–Kier alpha value is -4.00. The Labute approximate surface area is 113 Å². The lowest BCUT2D eigenvalue weighted by molar-refractivity contribution is -0.981. The SMILES string of the molecule is O=[N+]([O-])C(/N=N/C([N+](=O)[O-])([N+](=O)[O-])[N+](=O)[O-])([N+](=O)[O-])[N+](=O)[O-]. The van der Waals surface area contributed by atoms with E-state index in [0.29, 0.717) is 0 Å². The van der Waals surface area contributed by atoms with E-state index in [4.69, 9.17) is 0 Å². The van der Waals surface area contributed by atoms with Crippen LogP contribution in [0.15, 0.2) is 10.2 Å². The highest BCUT2D eigenvalue weighted by Crippen LogP contribution is 2.21. The molecule has 0 radical (unpaired) electrons. The summed E-state index contributed by atoms with van der Waals surface area (Å²) in [5.41, 5.74) is 0. The number of hydrogen-bond acceptors (Lipinski definition) is 14. The molecule has 0 saturated carbocycles. The highest BCUT2D eigenvalue weighted by molar-refractivity contribution is 4.51. The molecule has 0 aromatic heterocycles. The van der Waals surface area contributed by atoms with Crippen molar-refractivity contribution in [1.82, 2.24) is 0 Å². The minimum absolute atomic E-state index is 1.69. The Morgan fingerprint density at radius 3 is 0.682 bits per heavy atom. The number of azo groups is 1. The number of hydrogen-bond donors (Lipinski definition) is 0. The molecule has 0 aromatic rings. The van der Waals surface area contributed by atoms with Crippen molar-refractivity contribution < 1.29 is 29.5 Å². The molecular formula is C2N8O12. The molecule has 0 aliphatic heterocycles. The van der Waals surface area contributed by atoms with Crippen molar-refractivity contribution in [3.05, 3.63) is 60.7 Å². The van der Waals surface area contributed by atoms with E-state index in [1.165, 1.54) is 0 Å². The Bertz CT molecular complexity index is 480. The summed E-state index contributed by atoms with van der Waals surface area (Å²) in [6.45, 7) is 0. The summed E-state index contributed by atoms with van der Waals surface area (Å²) >= 11 is 0. The molecule has 0 atom stereocenters. The number of rotatable bonds is 8. The smallest absolute Gasteiger partial charge is 0.251 e. The second kappa shape index (κ2) is 5.55. The molecule has 0 rings (SSSR count). The third-order valence-corrected chi connectivity index (χ3v) is 1.79. The first kappa shape index (κ1) is 18.0. The molecule has 0 heterocycles. The van der Waals surface area contributed by atoms with Crippen molar-refractivity contribution in [1.29, 1.82) is 0 Å². The van der Waals surface area contributed by atoms with Gasteiger partial charge in [0.2, 0.25) is 29.5 Å². The highest BCUT2D eigenvalue weighted by Gasteiger charge is 2.79. The lowest BCUT2D eigenvalue weighted by atomic mass is 10.7. The average Bonchev–Trinajstić information content (AvgIpc) is 2.31. The second-order valence-electron chi connectivity index (χ2n) is 2.94. The fourth-order valence-corrected chi connectivity index (χ4v) is 0.753. The van der Waals surface area contributed by atoms with Crippen molar-refractivity contribution in [3.63, 3.8) is 0 Å². The third-order valence-electron chi connectivity index (χ3n) is 1.79. The van der Waals surface area contributed by atoms with Gasteiger partial charge in [-0.2, -0.15) is 0 Å². The fraction of sp³-hybridized carbons (Fsp3) is 1.00. The normalized spacial score (nSPS) is 11.8. The molecule has 0 aliphatic carbocycles. The zero-order chi connectivity index (χ0) is 17.9. The van der Waals surface area contributed by atoms with E-state index in [0.717, 1.165) is 0 Å². The summed E-state index contributed by atoms with van der Waals surface area (Å²) in [6.07, 6.45) is 0. The van der Waals surface area contributed by atoms with E-state index < -0.39 is 41.4 Å². The topological polar surface area (TPSA) is 284 Å².